The molecule has 3 heterocycles. The maximum absolute atomic E-state index is 3.48. The van der Waals surface area contributed by atoms with Crippen molar-refractivity contribution in [2.24, 2.45) is 5.41 Å². The highest BCUT2D eigenvalue weighted by atomic mass is 32.1. The molecule has 3 rings (SSSR count). The smallest absolute Gasteiger partial charge is 0.0331 e. The molecule has 18 heavy (non-hydrogen) atoms. The molecular weight excluding hydrogens is 240 g/mol. The second kappa shape index (κ2) is 4.95. The van der Waals surface area contributed by atoms with Crippen molar-refractivity contribution in [2.75, 3.05) is 26.2 Å². The number of hydrogen-bond acceptors (Lipinski definition) is 3. The molecule has 100 valence electrons. The molecule has 0 aromatic carbocycles. The molecule has 1 aromatic heterocycles. The van der Waals surface area contributed by atoms with E-state index >= 15 is 0 Å². The van der Waals surface area contributed by atoms with Gasteiger partial charge in [-0.3, -0.25) is 4.90 Å². The Kier molecular flexibility index (Phi) is 3.48. The molecule has 0 amide bonds. The van der Waals surface area contributed by atoms with E-state index in [0.717, 1.165) is 0 Å². The minimum absolute atomic E-state index is 0.521. The van der Waals surface area contributed by atoms with Crippen LogP contribution in [-0.2, 0) is 6.42 Å². The summed E-state index contributed by atoms with van der Waals surface area (Å²) in [4.78, 5) is 4.33. The number of thiophene rings is 1. The summed E-state index contributed by atoms with van der Waals surface area (Å²) >= 11 is 1.94. The first kappa shape index (κ1) is 12.6. The Morgan fingerprint density at radius 1 is 1.44 bits per heavy atom. The summed E-state index contributed by atoms with van der Waals surface area (Å²) in [6.45, 7) is 9.77. The second-order valence-corrected chi connectivity index (χ2v) is 7.26. The normalized spacial score (nSPS) is 28.0. The Bertz CT molecular complexity index is 406. The van der Waals surface area contributed by atoms with Crippen molar-refractivity contribution in [3.8, 4) is 0 Å². The summed E-state index contributed by atoms with van der Waals surface area (Å²) in [6, 6.07) is 2.95. The summed E-state index contributed by atoms with van der Waals surface area (Å²) in [5, 5.41) is 5.74. The van der Waals surface area contributed by atoms with Gasteiger partial charge in [-0.2, -0.15) is 0 Å². The van der Waals surface area contributed by atoms with E-state index in [0.29, 0.717) is 11.5 Å². The van der Waals surface area contributed by atoms with Crippen LogP contribution in [0.5, 0.6) is 0 Å². The standard InChI is InChI=1S/C15H24N2S/c1-12-13-4-10-18-14(13)3-9-17(12)11-15(2)5-7-16-8-6-15/h4,10,12,16H,3,5-9,11H2,1-2H3. The fourth-order valence-electron chi connectivity index (χ4n) is 3.46. The molecule has 1 aromatic rings. The van der Waals surface area contributed by atoms with Crippen molar-refractivity contribution in [3.63, 3.8) is 0 Å². The van der Waals surface area contributed by atoms with Crippen LogP contribution in [0.4, 0.5) is 0 Å². The van der Waals surface area contributed by atoms with Crippen LogP contribution in [0.2, 0.25) is 0 Å². The van der Waals surface area contributed by atoms with Gasteiger partial charge in [0.25, 0.3) is 0 Å². The molecule has 3 heteroatoms. The lowest BCUT2D eigenvalue weighted by atomic mass is 9.79. The maximum atomic E-state index is 3.48. The van der Waals surface area contributed by atoms with E-state index in [1.54, 1.807) is 10.4 Å². The van der Waals surface area contributed by atoms with Gasteiger partial charge >= 0.3 is 0 Å². The largest absolute Gasteiger partial charge is 0.317 e. The third-order valence-electron chi connectivity index (χ3n) is 4.80. The molecule has 2 aliphatic rings. The van der Waals surface area contributed by atoms with Crippen LogP contribution in [-0.4, -0.2) is 31.1 Å². The molecular formula is C15H24N2S. The molecule has 1 fully saturated rings. The number of fused-ring (bicyclic) bond motifs is 1. The van der Waals surface area contributed by atoms with Gasteiger partial charge in [-0.1, -0.05) is 6.92 Å². The minimum atomic E-state index is 0.521. The Labute approximate surface area is 114 Å². The highest BCUT2D eigenvalue weighted by molar-refractivity contribution is 7.10. The lowest BCUT2D eigenvalue weighted by Crippen LogP contribution is -2.45. The average molecular weight is 264 g/mol. The zero-order valence-corrected chi connectivity index (χ0v) is 12.4. The fourth-order valence-corrected chi connectivity index (χ4v) is 4.42. The SMILES string of the molecule is CC1c2ccsc2CCN1CC1(C)CCNCC1. The third-order valence-corrected chi connectivity index (χ3v) is 5.80. The minimum Gasteiger partial charge on any atom is -0.317 e. The number of rotatable bonds is 2. The molecule has 0 spiro atoms. The van der Waals surface area contributed by atoms with Crippen LogP contribution in [0.3, 0.4) is 0 Å². The van der Waals surface area contributed by atoms with Crippen molar-refractivity contribution in [2.45, 2.75) is 39.2 Å². The molecule has 1 unspecified atom stereocenters. The summed E-state index contributed by atoms with van der Waals surface area (Å²) in [6.07, 6.45) is 3.91. The molecule has 0 radical (unpaired) electrons. The number of hydrogen-bond donors (Lipinski definition) is 1. The van der Waals surface area contributed by atoms with Gasteiger partial charge in [-0.25, -0.2) is 0 Å². The van der Waals surface area contributed by atoms with E-state index < -0.39 is 0 Å². The van der Waals surface area contributed by atoms with Gasteiger partial charge in [0.05, 0.1) is 0 Å². The molecule has 1 N–H and O–H groups in total. The van der Waals surface area contributed by atoms with Crippen molar-refractivity contribution >= 4 is 11.3 Å². The molecule has 1 saturated heterocycles. The highest BCUT2D eigenvalue weighted by Gasteiger charge is 2.33. The zero-order valence-electron chi connectivity index (χ0n) is 11.5. The number of nitrogens with one attached hydrogen (secondary N) is 1. The van der Waals surface area contributed by atoms with E-state index in [4.69, 9.17) is 0 Å². The van der Waals surface area contributed by atoms with Gasteiger partial charge in [0.2, 0.25) is 0 Å². The maximum Gasteiger partial charge on any atom is 0.0331 e. The zero-order chi connectivity index (χ0) is 12.6. The summed E-state index contributed by atoms with van der Waals surface area (Å²) < 4.78 is 0. The molecule has 2 nitrogen and oxygen atoms in total. The summed E-state index contributed by atoms with van der Waals surface area (Å²) in [5.41, 5.74) is 2.11. The second-order valence-electron chi connectivity index (χ2n) is 6.26. The van der Waals surface area contributed by atoms with Crippen LogP contribution < -0.4 is 5.32 Å². The van der Waals surface area contributed by atoms with Crippen molar-refractivity contribution < 1.29 is 0 Å². The van der Waals surface area contributed by atoms with Crippen molar-refractivity contribution in [1.82, 2.24) is 10.2 Å². The number of piperidine rings is 1. The predicted octanol–water partition coefficient (Wildman–Crippen LogP) is 3.06. The summed E-state index contributed by atoms with van der Waals surface area (Å²) in [7, 11) is 0. The quantitative estimate of drug-likeness (QED) is 0.883. The van der Waals surface area contributed by atoms with E-state index in [2.05, 4.69) is 35.5 Å². The lowest BCUT2D eigenvalue weighted by molar-refractivity contribution is 0.0945. The van der Waals surface area contributed by atoms with Gasteiger partial charge in [-0.05, 0) is 61.7 Å². The van der Waals surface area contributed by atoms with Crippen molar-refractivity contribution in [3.05, 3.63) is 21.9 Å². The number of nitrogens with zero attached hydrogens (tertiary/aromatic N) is 1. The van der Waals surface area contributed by atoms with Crippen molar-refractivity contribution in [1.29, 1.82) is 0 Å². The van der Waals surface area contributed by atoms with Gasteiger partial charge in [0.1, 0.15) is 0 Å². The Balaban J connectivity index is 1.71. The first-order valence-electron chi connectivity index (χ1n) is 7.19. The van der Waals surface area contributed by atoms with Gasteiger partial charge in [0, 0.05) is 24.0 Å². The Hall–Kier alpha value is -0.380. The lowest BCUT2D eigenvalue weighted by Gasteiger charge is -2.42. The molecule has 0 saturated carbocycles. The van der Waals surface area contributed by atoms with Crippen LogP contribution in [0.25, 0.3) is 0 Å². The highest BCUT2D eigenvalue weighted by Crippen LogP contribution is 2.37. The third kappa shape index (κ3) is 2.36. The van der Waals surface area contributed by atoms with E-state index in [-0.39, 0.29) is 0 Å². The van der Waals surface area contributed by atoms with E-state index in [1.807, 2.05) is 11.3 Å². The van der Waals surface area contributed by atoms with Gasteiger partial charge in [-0.15, -0.1) is 11.3 Å². The fraction of sp³-hybridized carbons (Fsp3) is 0.733. The monoisotopic (exact) mass is 264 g/mol. The van der Waals surface area contributed by atoms with E-state index in [1.165, 1.54) is 45.4 Å². The first-order chi connectivity index (χ1) is 8.68. The molecule has 0 aliphatic carbocycles. The van der Waals surface area contributed by atoms with Crippen LogP contribution in [0.15, 0.2) is 11.4 Å². The molecule has 1 atom stereocenters. The summed E-state index contributed by atoms with van der Waals surface area (Å²) in [5.74, 6) is 0. The topological polar surface area (TPSA) is 15.3 Å². The van der Waals surface area contributed by atoms with Crippen LogP contribution >= 0.6 is 11.3 Å². The van der Waals surface area contributed by atoms with E-state index in [9.17, 15) is 0 Å². The van der Waals surface area contributed by atoms with Gasteiger partial charge in [0.15, 0.2) is 0 Å². The van der Waals surface area contributed by atoms with Crippen LogP contribution in [0, 0.1) is 5.41 Å². The molecule has 2 aliphatic heterocycles. The Morgan fingerprint density at radius 3 is 3.00 bits per heavy atom. The van der Waals surface area contributed by atoms with Gasteiger partial charge < -0.3 is 5.32 Å². The average Bonchev–Trinajstić information content (AvgIpc) is 2.83. The van der Waals surface area contributed by atoms with Crippen LogP contribution in [0.1, 0.15) is 43.2 Å². The predicted molar refractivity (Wildman–Crippen MR) is 78.2 cm³/mol. The Morgan fingerprint density at radius 2 is 2.22 bits per heavy atom. The molecule has 0 bridgehead atoms. The first-order valence-corrected chi connectivity index (χ1v) is 8.07.